The van der Waals surface area contributed by atoms with Crippen LogP contribution in [0.3, 0.4) is 0 Å². The molecule has 1 unspecified atom stereocenters. The van der Waals surface area contributed by atoms with Gasteiger partial charge in [0.15, 0.2) is 0 Å². The molecule has 4 heteroatoms. The van der Waals surface area contributed by atoms with Gasteiger partial charge < -0.3 is 5.32 Å². The van der Waals surface area contributed by atoms with Crippen LogP contribution in [0.2, 0.25) is 0 Å². The van der Waals surface area contributed by atoms with Crippen molar-refractivity contribution in [3.8, 4) is 0 Å². The molecule has 0 spiro atoms. The first-order valence-corrected chi connectivity index (χ1v) is 6.67. The first kappa shape index (κ1) is 12.7. The minimum atomic E-state index is -0.0176. The second-order valence-electron chi connectivity index (χ2n) is 3.36. The Bertz CT molecular complexity index is 324. The number of hydrogen-bond donors (Lipinski definition) is 1. The van der Waals surface area contributed by atoms with Crippen LogP contribution in [0, 0.1) is 0 Å². The summed E-state index contributed by atoms with van der Waals surface area (Å²) in [5, 5.41) is 3.83. The number of halogens is 2. The van der Waals surface area contributed by atoms with Crippen molar-refractivity contribution >= 4 is 37.8 Å². The molecule has 0 aliphatic heterocycles. The van der Waals surface area contributed by atoms with Gasteiger partial charge in [-0.3, -0.25) is 4.79 Å². The Hall–Kier alpha value is -0.350. The standard InChI is InChI=1S/C11H13Br2NO/c1-8(6-7-12)14-11(15)9-2-4-10(13)5-3-9/h2-5,8H,6-7H2,1H3,(H,14,15). The van der Waals surface area contributed by atoms with E-state index in [9.17, 15) is 4.79 Å². The zero-order valence-electron chi connectivity index (χ0n) is 8.47. The van der Waals surface area contributed by atoms with E-state index in [0.717, 1.165) is 16.2 Å². The highest BCUT2D eigenvalue weighted by Gasteiger charge is 2.08. The number of nitrogens with one attached hydrogen (secondary N) is 1. The normalized spacial score (nSPS) is 12.2. The summed E-state index contributed by atoms with van der Waals surface area (Å²) in [5.74, 6) is -0.0176. The first-order chi connectivity index (χ1) is 7.13. The molecule has 0 saturated heterocycles. The maximum atomic E-state index is 11.7. The highest BCUT2D eigenvalue weighted by atomic mass is 79.9. The predicted molar refractivity (Wildman–Crippen MR) is 69.5 cm³/mol. The minimum absolute atomic E-state index is 0.0176. The zero-order chi connectivity index (χ0) is 11.3. The molecule has 0 heterocycles. The average Bonchev–Trinajstić information content (AvgIpc) is 2.18. The van der Waals surface area contributed by atoms with Gasteiger partial charge in [-0.2, -0.15) is 0 Å². The Morgan fingerprint density at radius 3 is 2.53 bits per heavy atom. The predicted octanol–water partition coefficient (Wildman–Crippen LogP) is 3.35. The summed E-state index contributed by atoms with van der Waals surface area (Å²) >= 11 is 6.68. The molecule has 1 aromatic rings. The van der Waals surface area contributed by atoms with Gasteiger partial charge in [0.25, 0.3) is 5.91 Å². The van der Waals surface area contributed by atoms with E-state index in [2.05, 4.69) is 37.2 Å². The summed E-state index contributed by atoms with van der Waals surface area (Å²) in [6.45, 7) is 2.00. The molecule has 2 nitrogen and oxygen atoms in total. The summed E-state index contributed by atoms with van der Waals surface area (Å²) in [6.07, 6.45) is 0.933. The maximum absolute atomic E-state index is 11.7. The van der Waals surface area contributed by atoms with Gasteiger partial charge in [-0.1, -0.05) is 31.9 Å². The Morgan fingerprint density at radius 2 is 2.00 bits per heavy atom. The first-order valence-electron chi connectivity index (χ1n) is 4.76. The fourth-order valence-electron chi connectivity index (χ4n) is 1.14. The second-order valence-corrected chi connectivity index (χ2v) is 5.07. The number of amides is 1. The van der Waals surface area contributed by atoms with Crippen LogP contribution in [-0.2, 0) is 0 Å². The molecule has 1 N–H and O–H groups in total. The van der Waals surface area contributed by atoms with Crippen LogP contribution >= 0.6 is 31.9 Å². The van der Waals surface area contributed by atoms with E-state index in [1.54, 1.807) is 12.1 Å². The Kier molecular flexibility index (Phi) is 5.32. The molecule has 0 saturated carbocycles. The van der Waals surface area contributed by atoms with Gasteiger partial charge in [0.05, 0.1) is 0 Å². The van der Waals surface area contributed by atoms with Crippen molar-refractivity contribution in [3.05, 3.63) is 34.3 Å². The van der Waals surface area contributed by atoms with Crippen LogP contribution in [0.5, 0.6) is 0 Å². The van der Waals surface area contributed by atoms with Crippen molar-refractivity contribution in [2.45, 2.75) is 19.4 Å². The SMILES string of the molecule is CC(CCBr)NC(=O)c1ccc(Br)cc1. The Morgan fingerprint density at radius 1 is 1.40 bits per heavy atom. The van der Waals surface area contributed by atoms with E-state index >= 15 is 0 Å². The van der Waals surface area contributed by atoms with Crippen LogP contribution in [0.25, 0.3) is 0 Å². The molecule has 1 rings (SSSR count). The minimum Gasteiger partial charge on any atom is -0.350 e. The molecule has 0 aliphatic rings. The lowest BCUT2D eigenvalue weighted by Crippen LogP contribution is -2.32. The van der Waals surface area contributed by atoms with E-state index in [1.165, 1.54) is 0 Å². The number of carbonyl (C=O) groups is 1. The summed E-state index contributed by atoms with van der Waals surface area (Å²) in [7, 11) is 0. The average molecular weight is 335 g/mol. The van der Waals surface area contributed by atoms with Gasteiger partial charge in [0.1, 0.15) is 0 Å². The molecule has 1 aromatic carbocycles. The van der Waals surface area contributed by atoms with Gasteiger partial charge in [0, 0.05) is 21.4 Å². The lowest BCUT2D eigenvalue weighted by molar-refractivity contribution is 0.0939. The van der Waals surface area contributed by atoms with E-state index in [-0.39, 0.29) is 11.9 Å². The molecular weight excluding hydrogens is 322 g/mol. The summed E-state index contributed by atoms with van der Waals surface area (Å²) in [4.78, 5) is 11.7. The summed E-state index contributed by atoms with van der Waals surface area (Å²) < 4.78 is 0.979. The van der Waals surface area contributed by atoms with Crippen LogP contribution in [0.4, 0.5) is 0 Å². The van der Waals surface area contributed by atoms with Crippen molar-refractivity contribution in [3.63, 3.8) is 0 Å². The number of rotatable bonds is 4. The molecule has 0 bridgehead atoms. The van der Waals surface area contributed by atoms with Crippen LogP contribution in [-0.4, -0.2) is 17.3 Å². The van der Waals surface area contributed by atoms with Gasteiger partial charge in [0.2, 0.25) is 0 Å². The maximum Gasteiger partial charge on any atom is 0.251 e. The monoisotopic (exact) mass is 333 g/mol. The molecule has 1 amide bonds. The third-order valence-corrected chi connectivity index (χ3v) is 3.01. The van der Waals surface area contributed by atoms with Gasteiger partial charge >= 0.3 is 0 Å². The van der Waals surface area contributed by atoms with E-state index in [4.69, 9.17) is 0 Å². The molecule has 0 fully saturated rings. The van der Waals surface area contributed by atoms with Crippen LogP contribution < -0.4 is 5.32 Å². The fraction of sp³-hybridized carbons (Fsp3) is 0.364. The molecule has 15 heavy (non-hydrogen) atoms. The van der Waals surface area contributed by atoms with Crippen molar-refractivity contribution in [1.82, 2.24) is 5.32 Å². The quantitative estimate of drug-likeness (QED) is 0.840. The van der Waals surface area contributed by atoms with Crippen LogP contribution in [0.15, 0.2) is 28.7 Å². The second kappa shape index (κ2) is 6.28. The molecule has 0 aromatic heterocycles. The van der Waals surface area contributed by atoms with Gasteiger partial charge in [-0.25, -0.2) is 0 Å². The highest BCUT2D eigenvalue weighted by Crippen LogP contribution is 2.10. The zero-order valence-corrected chi connectivity index (χ0v) is 11.6. The van der Waals surface area contributed by atoms with E-state index in [0.29, 0.717) is 5.56 Å². The van der Waals surface area contributed by atoms with E-state index in [1.807, 2.05) is 19.1 Å². The van der Waals surface area contributed by atoms with Crippen molar-refractivity contribution < 1.29 is 4.79 Å². The number of benzene rings is 1. The number of hydrogen-bond acceptors (Lipinski definition) is 1. The number of carbonyl (C=O) groups excluding carboxylic acids is 1. The lowest BCUT2D eigenvalue weighted by atomic mass is 10.2. The molecule has 1 atom stereocenters. The third-order valence-electron chi connectivity index (χ3n) is 2.03. The summed E-state index contributed by atoms with van der Waals surface area (Å²) in [6, 6.07) is 7.54. The smallest absolute Gasteiger partial charge is 0.251 e. The molecular formula is C11H13Br2NO. The number of alkyl halides is 1. The van der Waals surface area contributed by atoms with Crippen LogP contribution in [0.1, 0.15) is 23.7 Å². The van der Waals surface area contributed by atoms with E-state index < -0.39 is 0 Å². The molecule has 0 radical (unpaired) electrons. The van der Waals surface area contributed by atoms with Gasteiger partial charge in [-0.05, 0) is 37.6 Å². The van der Waals surface area contributed by atoms with Crippen molar-refractivity contribution in [1.29, 1.82) is 0 Å². The summed E-state index contributed by atoms with van der Waals surface area (Å²) in [5.41, 5.74) is 0.694. The largest absolute Gasteiger partial charge is 0.350 e. The third kappa shape index (κ3) is 4.34. The van der Waals surface area contributed by atoms with Crippen molar-refractivity contribution in [2.24, 2.45) is 0 Å². The van der Waals surface area contributed by atoms with Gasteiger partial charge in [-0.15, -0.1) is 0 Å². The topological polar surface area (TPSA) is 29.1 Å². The van der Waals surface area contributed by atoms with Crippen molar-refractivity contribution in [2.75, 3.05) is 5.33 Å². The lowest BCUT2D eigenvalue weighted by Gasteiger charge is -2.12. The molecule has 82 valence electrons. The molecule has 0 aliphatic carbocycles. The fourth-order valence-corrected chi connectivity index (χ4v) is 2.10. The highest BCUT2D eigenvalue weighted by molar-refractivity contribution is 9.10. The Balaban J connectivity index is 2.57. The Labute approximate surface area is 107 Å².